The quantitative estimate of drug-likeness (QED) is 0.374. The number of thioether (sulfide) groups is 1. The molecule has 1 aliphatic rings. The highest BCUT2D eigenvalue weighted by atomic mass is 32.2. The minimum absolute atomic E-state index is 0.0634. The Hall–Kier alpha value is -1.79. The summed E-state index contributed by atoms with van der Waals surface area (Å²) in [6, 6.07) is 7.42. The standard InChI is InChI=1S/C20H28N2O3S/c1-25-14-13-21-19(23)15-26-18-10-6-5-9-17(18)20(24)22-12-11-16-7-3-2-4-8-16/h5-7,9-10H,2-4,8,11-15H2,1H3,(H,21,23)(H,22,24). The molecule has 1 aromatic rings. The summed E-state index contributed by atoms with van der Waals surface area (Å²) >= 11 is 1.38. The first kappa shape index (κ1) is 20.5. The second-order valence-electron chi connectivity index (χ2n) is 6.24. The number of allylic oxidation sites excluding steroid dienone is 1. The molecule has 0 fully saturated rings. The summed E-state index contributed by atoms with van der Waals surface area (Å²) in [5, 5.41) is 5.79. The molecule has 0 aliphatic heterocycles. The van der Waals surface area contributed by atoms with E-state index in [0.29, 0.717) is 25.3 Å². The van der Waals surface area contributed by atoms with Crippen molar-refractivity contribution in [3.8, 4) is 0 Å². The smallest absolute Gasteiger partial charge is 0.252 e. The lowest BCUT2D eigenvalue weighted by Gasteiger charge is -2.14. The van der Waals surface area contributed by atoms with E-state index >= 15 is 0 Å². The van der Waals surface area contributed by atoms with Gasteiger partial charge in [-0.3, -0.25) is 9.59 Å². The van der Waals surface area contributed by atoms with Gasteiger partial charge in [0.2, 0.25) is 5.91 Å². The summed E-state index contributed by atoms with van der Waals surface area (Å²) in [6.07, 6.45) is 8.07. The number of benzene rings is 1. The minimum atomic E-state index is -0.0794. The molecule has 26 heavy (non-hydrogen) atoms. The van der Waals surface area contributed by atoms with Crippen LogP contribution in [0.4, 0.5) is 0 Å². The van der Waals surface area contributed by atoms with Crippen molar-refractivity contribution in [3.63, 3.8) is 0 Å². The molecular weight excluding hydrogens is 348 g/mol. The van der Waals surface area contributed by atoms with Crippen molar-refractivity contribution in [3.05, 3.63) is 41.5 Å². The number of ether oxygens (including phenoxy) is 1. The van der Waals surface area contributed by atoms with Gasteiger partial charge in [-0.25, -0.2) is 0 Å². The molecule has 0 atom stereocenters. The number of hydrogen-bond donors (Lipinski definition) is 2. The highest BCUT2D eigenvalue weighted by Crippen LogP contribution is 2.23. The number of rotatable bonds is 10. The zero-order valence-electron chi connectivity index (χ0n) is 15.4. The van der Waals surface area contributed by atoms with Gasteiger partial charge >= 0.3 is 0 Å². The topological polar surface area (TPSA) is 67.4 Å². The van der Waals surface area contributed by atoms with Crippen molar-refractivity contribution in [1.82, 2.24) is 10.6 Å². The SMILES string of the molecule is COCCNC(=O)CSc1ccccc1C(=O)NCCC1=CCCCC1. The van der Waals surface area contributed by atoms with Gasteiger partial charge in [0.15, 0.2) is 0 Å². The molecule has 0 aromatic heterocycles. The molecule has 5 nitrogen and oxygen atoms in total. The summed E-state index contributed by atoms with van der Waals surface area (Å²) in [5.41, 5.74) is 2.08. The van der Waals surface area contributed by atoms with Crippen LogP contribution in [0.25, 0.3) is 0 Å². The maximum absolute atomic E-state index is 12.5. The van der Waals surface area contributed by atoms with Crippen LogP contribution < -0.4 is 10.6 Å². The zero-order chi connectivity index (χ0) is 18.6. The molecule has 0 heterocycles. The molecule has 6 heteroatoms. The summed E-state index contributed by atoms with van der Waals surface area (Å²) in [5.74, 6) is 0.136. The van der Waals surface area contributed by atoms with Crippen LogP contribution in [0.5, 0.6) is 0 Å². The number of nitrogens with one attached hydrogen (secondary N) is 2. The summed E-state index contributed by atoms with van der Waals surface area (Å²) in [6.45, 7) is 1.64. The van der Waals surface area contributed by atoms with Crippen molar-refractivity contribution in [2.45, 2.75) is 37.0 Å². The lowest BCUT2D eigenvalue weighted by Crippen LogP contribution is -2.28. The Morgan fingerprint density at radius 3 is 2.77 bits per heavy atom. The third-order valence-corrected chi connectivity index (χ3v) is 5.31. The van der Waals surface area contributed by atoms with Crippen molar-refractivity contribution < 1.29 is 14.3 Å². The Bertz CT molecular complexity index is 631. The Labute approximate surface area is 160 Å². The van der Waals surface area contributed by atoms with E-state index in [2.05, 4.69) is 16.7 Å². The molecule has 1 aromatic carbocycles. The van der Waals surface area contributed by atoms with Gasteiger partial charge in [-0.15, -0.1) is 11.8 Å². The normalized spacial score (nSPS) is 13.8. The van der Waals surface area contributed by atoms with E-state index in [-0.39, 0.29) is 17.6 Å². The van der Waals surface area contributed by atoms with E-state index in [1.165, 1.54) is 30.2 Å². The van der Waals surface area contributed by atoms with Crippen molar-refractivity contribution in [2.75, 3.05) is 32.6 Å². The van der Waals surface area contributed by atoms with Gasteiger partial charge in [0.05, 0.1) is 17.9 Å². The van der Waals surface area contributed by atoms with Crippen molar-refractivity contribution in [2.24, 2.45) is 0 Å². The maximum Gasteiger partial charge on any atom is 0.252 e. The molecule has 0 saturated heterocycles. The minimum Gasteiger partial charge on any atom is -0.383 e. The number of carbonyl (C=O) groups excluding carboxylic acids is 2. The van der Waals surface area contributed by atoms with Crippen LogP contribution in [-0.2, 0) is 9.53 Å². The highest BCUT2D eigenvalue weighted by molar-refractivity contribution is 8.00. The van der Waals surface area contributed by atoms with Crippen LogP contribution in [0.2, 0.25) is 0 Å². The molecule has 0 unspecified atom stereocenters. The van der Waals surface area contributed by atoms with Gasteiger partial charge in [0, 0.05) is 25.1 Å². The fraction of sp³-hybridized carbons (Fsp3) is 0.500. The highest BCUT2D eigenvalue weighted by Gasteiger charge is 2.13. The number of carbonyl (C=O) groups is 2. The van der Waals surface area contributed by atoms with Gasteiger partial charge in [0.1, 0.15) is 0 Å². The van der Waals surface area contributed by atoms with E-state index in [4.69, 9.17) is 4.74 Å². The Morgan fingerprint density at radius 2 is 2.00 bits per heavy atom. The largest absolute Gasteiger partial charge is 0.383 e. The molecule has 2 amide bonds. The van der Waals surface area contributed by atoms with E-state index < -0.39 is 0 Å². The second-order valence-corrected chi connectivity index (χ2v) is 7.26. The van der Waals surface area contributed by atoms with Gasteiger partial charge in [0.25, 0.3) is 5.91 Å². The molecule has 0 spiro atoms. The Morgan fingerprint density at radius 1 is 1.15 bits per heavy atom. The zero-order valence-corrected chi connectivity index (χ0v) is 16.2. The van der Waals surface area contributed by atoms with Gasteiger partial charge in [-0.1, -0.05) is 23.8 Å². The first-order valence-electron chi connectivity index (χ1n) is 9.14. The lowest BCUT2D eigenvalue weighted by atomic mass is 9.97. The van der Waals surface area contributed by atoms with Crippen molar-refractivity contribution >= 4 is 23.6 Å². The van der Waals surface area contributed by atoms with Crippen LogP contribution in [0, 0.1) is 0 Å². The predicted octanol–water partition coefficient (Wildman–Crippen LogP) is 3.16. The van der Waals surface area contributed by atoms with E-state index in [1.807, 2.05) is 18.2 Å². The average molecular weight is 377 g/mol. The Kier molecular flexibility index (Phi) is 9.28. The maximum atomic E-state index is 12.5. The monoisotopic (exact) mass is 376 g/mol. The molecule has 0 saturated carbocycles. The van der Waals surface area contributed by atoms with Crippen LogP contribution in [0.3, 0.4) is 0 Å². The summed E-state index contributed by atoms with van der Waals surface area (Å²) in [4.78, 5) is 25.1. The van der Waals surface area contributed by atoms with Crippen LogP contribution >= 0.6 is 11.8 Å². The second kappa shape index (κ2) is 11.8. The molecule has 142 valence electrons. The third-order valence-electron chi connectivity index (χ3n) is 4.24. The molecule has 2 N–H and O–H groups in total. The molecule has 1 aliphatic carbocycles. The van der Waals surface area contributed by atoms with Gasteiger partial charge in [-0.05, 0) is 44.2 Å². The predicted molar refractivity (Wildman–Crippen MR) is 106 cm³/mol. The molecular formula is C20H28N2O3S. The fourth-order valence-corrected chi connectivity index (χ4v) is 3.71. The van der Waals surface area contributed by atoms with Crippen molar-refractivity contribution in [1.29, 1.82) is 0 Å². The van der Waals surface area contributed by atoms with Crippen LogP contribution in [0.1, 0.15) is 42.5 Å². The number of hydrogen-bond acceptors (Lipinski definition) is 4. The number of amides is 2. The average Bonchev–Trinajstić information content (AvgIpc) is 2.67. The van der Waals surface area contributed by atoms with Gasteiger partial charge in [-0.2, -0.15) is 0 Å². The van der Waals surface area contributed by atoms with E-state index in [0.717, 1.165) is 24.2 Å². The lowest BCUT2D eigenvalue weighted by molar-refractivity contribution is -0.118. The number of methoxy groups -OCH3 is 1. The third kappa shape index (κ3) is 7.22. The fourth-order valence-electron chi connectivity index (χ4n) is 2.83. The molecule has 2 rings (SSSR count). The van der Waals surface area contributed by atoms with Gasteiger partial charge < -0.3 is 15.4 Å². The Balaban J connectivity index is 1.81. The van der Waals surface area contributed by atoms with E-state index in [9.17, 15) is 9.59 Å². The summed E-state index contributed by atoms with van der Waals surface area (Å²) in [7, 11) is 1.60. The first-order valence-corrected chi connectivity index (χ1v) is 10.1. The van der Waals surface area contributed by atoms with E-state index in [1.54, 1.807) is 13.2 Å². The van der Waals surface area contributed by atoms with Crippen LogP contribution in [0.15, 0.2) is 40.8 Å². The molecule has 0 bridgehead atoms. The summed E-state index contributed by atoms with van der Waals surface area (Å²) < 4.78 is 4.91. The van der Waals surface area contributed by atoms with Crippen LogP contribution in [-0.4, -0.2) is 44.4 Å². The molecule has 0 radical (unpaired) electrons. The first-order chi connectivity index (χ1) is 12.7.